The van der Waals surface area contributed by atoms with Gasteiger partial charge in [-0.15, -0.1) is 0 Å². The summed E-state index contributed by atoms with van der Waals surface area (Å²) in [4.78, 5) is 24.9. The van der Waals surface area contributed by atoms with E-state index in [9.17, 15) is 35.9 Å². The molecule has 0 atom stereocenters. The Hall–Kier alpha value is -2.26. The maximum absolute atomic E-state index is 12.8. The van der Waals surface area contributed by atoms with Crippen LogP contribution in [0.3, 0.4) is 0 Å². The molecule has 0 saturated carbocycles. The summed E-state index contributed by atoms with van der Waals surface area (Å²) >= 11 is 0. The van der Waals surface area contributed by atoms with Gasteiger partial charge in [-0.3, -0.25) is 9.59 Å². The Kier molecular flexibility index (Phi) is 5.82. The van der Waals surface area contributed by atoms with E-state index in [1.807, 2.05) is 0 Å². The number of likely N-dealkylation sites (tertiary alicyclic amines) is 1. The smallest absolute Gasteiger partial charge is 0.352 e. The van der Waals surface area contributed by atoms with Crippen LogP contribution in [0.25, 0.3) is 0 Å². The molecule has 1 heterocycles. The second kappa shape index (κ2) is 7.55. The van der Waals surface area contributed by atoms with Crippen LogP contribution < -0.4 is 5.32 Å². The molecule has 2 amide bonds. The molecule has 0 radical (unpaired) electrons. The lowest BCUT2D eigenvalue weighted by molar-refractivity contribution is -0.143. The maximum atomic E-state index is 12.8. The largest absolute Gasteiger partial charge is 0.416 e. The molecule has 1 N–H and O–H groups in total. The molecular weight excluding hydrogens is 366 g/mol. The lowest BCUT2D eigenvalue weighted by Gasteiger charge is -2.16. The van der Waals surface area contributed by atoms with Gasteiger partial charge in [0.05, 0.1) is 11.1 Å². The first-order valence-electron chi connectivity index (χ1n) is 7.84. The molecule has 1 fully saturated rings. The Morgan fingerprint density at radius 1 is 1.04 bits per heavy atom. The standard InChI is InChI=1S/C16H16F6N2O2/c17-15(18,19)11-7-10(8-12(9-11)16(20,21)22)14(26)23-4-2-6-24-5-1-3-13(24)25/h7-9H,1-6H2,(H,23,26). The molecular formula is C16H16F6N2O2. The van der Waals surface area contributed by atoms with Crippen molar-refractivity contribution in [3.05, 3.63) is 34.9 Å². The van der Waals surface area contributed by atoms with Gasteiger partial charge >= 0.3 is 12.4 Å². The normalized spacial score (nSPS) is 15.5. The number of amides is 2. The number of carbonyl (C=O) groups excluding carboxylic acids is 2. The second-order valence-electron chi connectivity index (χ2n) is 5.89. The molecule has 1 aromatic rings. The minimum absolute atomic E-state index is 0.0102. The molecule has 26 heavy (non-hydrogen) atoms. The zero-order valence-corrected chi connectivity index (χ0v) is 13.5. The highest BCUT2D eigenvalue weighted by Gasteiger charge is 2.37. The van der Waals surface area contributed by atoms with E-state index in [1.165, 1.54) is 0 Å². The highest BCUT2D eigenvalue weighted by atomic mass is 19.4. The highest BCUT2D eigenvalue weighted by Crippen LogP contribution is 2.36. The number of benzene rings is 1. The van der Waals surface area contributed by atoms with Crippen LogP contribution in [0.5, 0.6) is 0 Å². The number of alkyl halides is 6. The summed E-state index contributed by atoms with van der Waals surface area (Å²) in [5.41, 5.74) is -3.80. The maximum Gasteiger partial charge on any atom is 0.416 e. The van der Waals surface area contributed by atoms with E-state index in [4.69, 9.17) is 0 Å². The van der Waals surface area contributed by atoms with Crippen molar-refractivity contribution >= 4 is 11.8 Å². The van der Waals surface area contributed by atoms with Crippen LogP contribution >= 0.6 is 0 Å². The third kappa shape index (κ3) is 5.12. The van der Waals surface area contributed by atoms with Gasteiger partial charge in [0.15, 0.2) is 0 Å². The van der Waals surface area contributed by atoms with E-state index in [1.54, 1.807) is 4.90 Å². The van der Waals surface area contributed by atoms with Crippen LogP contribution in [0.2, 0.25) is 0 Å². The first-order valence-corrected chi connectivity index (χ1v) is 7.84. The van der Waals surface area contributed by atoms with Gasteiger partial charge in [-0.1, -0.05) is 0 Å². The Bertz CT molecular complexity index is 652. The molecule has 0 spiro atoms. The Balaban J connectivity index is 2.04. The average Bonchev–Trinajstić information content (AvgIpc) is 2.94. The van der Waals surface area contributed by atoms with Gasteiger partial charge in [0, 0.05) is 31.6 Å². The van der Waals surface area contributed by atoms with E-state index in [2.05, 4.69) is 5.32 Å². The molecule has 0 aromatic heterocycles. The van der Waals surface area contributed by atoms with Crippen molar-refractivity contribution in [2.24, 2.45) is 0 Å². The molecule has 0 bridgehead atoms. The van der Waals surface area contributed by atoms with Gasteiger partial charge < -0.3 is 10.2 Å². The fourth-order valence-corrected chi connectivity index (χ4v) is 2.60. The molecule has 1 aliphatic heterocycles. The lowest BCUT2D eigenvalue weighted by atomic mass is 10.0. The van der Waals surface area contributed by atoms with Crippen LogP contribution in [-0.2, 0) is 17.1 Å². The van der Waals surface area contributed by atoms with Gasteiger partial charge in [0.2, 0.25) is 5.91 Å². The molecule has 0 unspecified atom stereocenters. The van der Waals surface area contributed by atoms with Crippen LogP contribution in [-0.4, -0.2) is 36.3 Å². The van der Waals surface area contributed by atoms with Crippen molar-refractivity contribution in [1.29, 1.82) is 0 Å². The highest BCUT2D eigenvalue weighted by molar-refractivity contribution is 5.94. The molecule has 1 aliphatic rings. The summed E-state index contributed by atoms with van der Waals surface area (Å²) in [7, 11) is 0. The van der Waals surface area contributed by atoms with Gasteiger partial charge in [-0.25, -0.2) is 0 Å². The van der Waals surface area contributed by atoms with E-state index in [-0.39, 0.29) is 18.5 Å². The third-order valence-corrected chi connectivity index (χ3v) is 3.91. The predicted molar refractivity (Wildman–Crippen MR) is 79.2 cm³/mol. The monoisotopic (exact) mass is 382 g/mol. The number of carbonyl (C=O) groups is 2. The van der Waals surface area contributed by atoms with Gasteiger partial charge in [-0.05, 0) is 31.0 Å². The van der Waals surface area contributed by atoms with Gasteiger partial charge in [0.1, 0.15) is 0 Å². The van der Waals surface area contributed by atoms with E-state index in [0.29, 0.717) is 38.1 Å². The minimum Gasteiger partial charge on any atom is -0.352 e. The quantitative estimate of drug-likeness (QED) is 0.626. The summed E-state index contributed by atoms with van der Waals surface area (Å²) < 4.78 is 76.7. The summed E-state index contributed by atoms with van der Waals surface area (Å²) in [6.07, 6.45) is -8.46. The van der Waals surface area contributed by atoms with Gasteiger partial charge in [0.25, 0.3) is 5.91 Å². The molecule has 2 rings (SSSR count). The van der Waals surface area contributed by atoms with Crippen LogP contribution in [0.15, 0.2) is 18.2 Å². The fraction of sp³-hybridized carbons (Fsp3) is 0.500. The fourth-order valence-electron chi connectivity index (χ4n) is 2.60. The van der Waals surface area contributed by atoms with Crippen molar-refractivity contribution in [2.45, 2.75) is 31.6 Å². The topological polar surface area (TPSA) is 49.4 Å². The number of halogens is 6. The van der Waals surface area contributed by atoms with Crippen molar-refractivity contribution < 1.29 is 35.9 Å². The number of nitrogens with one attached hydrogen (secondary N) is 1. The van der Waals surface area contributed by atoms with E-state index >= 15 is 0 Å². The summed E-state index contributed by atoms with van der Waals surface area (Å²) in [5.74, 6) is -1.04. The summed E-state index contributed by atoms with van der Waals surface area (Å²) in [6, 6.07) is 0.735. The summed E-state index contributed by atoms with van der Waals surface area (Å²) in [5, 5.41) is 2.28. The van der Waals surface area contributed by atoms with Crippen LogP contribution in [0.1, 0.15) is 40.7 Å². The third-order valence-electron chi connectivity index (χ3n) is 3.91. The molecule has 144 valence electrons. The molecule has 0 aliphatic carbocycles. The second-order valence-corrected chi connectivity index (χ2v) is 5.89. The molecule has 4 nitrogen and oxygen atoms in total. The van der Waals surface area contributed by atoms with E-state index in [0.717, 1.165) is 6.42 Å². The van der Waals surface area contributed by atoms with Gasteiger partial charge in [-0.2, -0.15) is 26.3 Å². The number of rotatable bonds is 5. The Morgan fingerprint density at radius 3 is 2.08 bits per heavy atom. The van der Waals surface area contributed by atoms with E-state index < -0.39 is 35.0 Å². The van der Waals surface area contributed by atoms with Crippen molar-refractivity contribution in [3.8, 4) is 0 Å². The first-order chi connectivity index (χ1) is 12.0. The lowest BCUT2D eigenvalue weighted by Crippen LogP contribution is -2.31. The zero-order valence-electron chi connectivity index (χ0n) is 13.5. The number of hydrogen-bond donors (Lipinski definition) is 1. The Morgan fingerprint density at radius 2 is 1.62 bits per heavy atom. The molecule has 1 saturated heterocycles. The Labute approximate surface area is 145 Å². The summed E-state index contributed by atoms with van der Waals surface area (Å²) in [6.45, 7) is 1.01. The molecule has 10 heteroatoms. The predicted octanol–water partition coefficient (Wildman–Crippen LogP) is 3.47. The van der Waals surface area contributed by atoms with Crippen LogP contribution in [0.4, 0.5) is 26.3 Å². The van der Waals surface area contributed by atoms with Crippen molar-refractivity contribution in [2.75, 3.05) is 19.6 Å². The van der Waals surface area contributed by atoms with Crippen molar-refractivity contribution in [1.82, 2.24) is 10.2 Å². The van der Waals surface area contributed by atoms with Crippen molar-refractivity contribution in [3.63, 3.8) is 0 Å². The average molecular weight is 382 g/mol. The zero-order chi connectivity index (χ0) is 19.5. The minimum atomic E-state index is -5.01. The number of hydrogen-bond acceptors (Lipinski definition) is 2. The first kappa shape index (κ1) is 20.1. The SMILES string of the molecule is O=C(NCCCN1CCCC1=O)c1cc(C(F)(F)F)cc(C(F)(F)F)c1. The molecule has 1 aromatic carbocycles. The number of nitrogens with zero attached hydrogens (tertiary/aromatic N) is 1. The van der Waals surface area contributed by atoms with Crippen LogP contribution in [0, 0.1) is 0 Å².